The Balaban J connectivity index is 3.49. The molecule has 0 spiro atoms. The van der Waals surface area contributed by atoms with Gasteiger partial charge in [0, 0.05) is 13.7 Å². The molecule has 110 valence electrons. The lowest BCUT2D eigenvalue weighted by atomic mass is 9.89. The molecular weight excluding hydrogens is 220 g/mol. The molecule has 1 nitrogen and oxygen atoms in total. The van der Waals surface area contributed by atoms with Gasteiger partial charge in [0.25, 0.3) is 0 Å². The molecule has 0 aliphatic heterocycles. The van der Waals surface area contributed by atoms with E-state index in [2.05, 4.69) is 27.7 Å². The molecule has 0 aliphatic carbocycles. The zero-order chi connectivity index (χ0) is 13.8. The summed E-state index contributed by atoms with van der Waals surface area (Å²) in [5.41, 5.74) is 0. The molecule has 0 aromatic heterocycles. The highest BCUT2D eigenvalue weighted by molar-refractivity contribution is 4.61. The van der Waals surface area contributed by atoms with Crippen molar-refractivity contribution in [3.63, 3.8) is 0 Å². The zero-order valence-corrected chi connectivity index (χ0v) is 13.5. The van der Waals surface area contributed by atoms with Crippen LogP contribution in [-0.2, 0) is 4.74 Å². The normalized spacial score (nSPS) is 16.5. The van der Waals surface area contributed by atoms with Gasteiger partial charge in [-0.15, -0.1) is 0 Å². The Hall–Kier alpha value is -0.0400. The Bertz CT molecular complexity index is 149. The van der Waals surface area contributed by atoms with E-state index in [1.54, 1.807) is 7.11 Å². The third kappa shape index (κ3) is 11.1. The van der Waals surface area contributed by atoms with Gasteiger partial charge in [-0.3, -0.25) is 0 Å². The van der Waals surface area contributed by atoms with Crippen LogP contribution >= 0.6 is 0 Å². The van der Waals surface area contributed by atoms with Gasteiger partial charge in [-0.2, -0.15) is 0 Å². The smallest absolute Gasteiger partial charge is 0.0464 e. The molecule has 0 heterocycles. The molecule has 0 saturated carbocycles. The largest absolute Gasteiger partial charge is 0.385 e. The predicted molar refractivity (Wildman–Crippen MR) is 82.0 cm³/mol. The fourth-order valence-corrected chi connectivity index (χ4v) is 2.44. The van der Waals surface area contributed by atoms with Crippen molar-refractivity contribution in [1.82, 2.24) is 0 Å². The van der Waals surface area contributed by atoms with Gasteiger partial charge in [0.05, 0.1) is 0 Å². The topological polar surface area (TPSA) is 9.23 Å². The summed E-state index contributed by atoms with van der Waals surface area (Å²) in [7, 11) is 1.80. The SMILES string of the molecule is CCCCC(C)CCC(C)CCC(C)CCOC. The fraction of sp³-hybridized carbons (Fsp3) is 1.00. The van der Waals surface area contributed by atoms with E-state index in [1.165, 1.54) is 51.4 Å². The van der Waals surface area contributed by atoms with Crippen LogP contribution in [-0.4, -0.2) is 13.7 Å². The number of ether oxygens (including phenoxy) is 1. The average Bonchev–Trinajstić information content (AvgIpc) is 2.37. The Morgan fingerprint density at radius 3 is 1.61 bits per heavy atom. The van der Waals surface area contributed by atoms with E-state index >= 15 is 0 Å². The van der Waals surface area contributed by atoms with E-state index in [0.717, 1.165) is 24.4 Å². The number of rotatable bonds is 12. The average molecular weight is 256 g/mol. The minimum absolute atomic E-state index is 0.824. The van der Waals surface area contributed by atoms with Crippen LogP contribution in [0.1, 0.15) is 79.1 Å². The summed E-state index contributed by atoms with van der Waals surface area (Å²) in [6.07, 6.45) is 11.0. The van der Waals surface area contributed by atoms with Crippen LogP contribution in [0.2, 0.25) is 0 Å². The maximum atomic E-state index is 5.14. The van der Waals surface area contributed by atoms with E-state index in [1.807, 2.05) is 0 Å². The molecule has 3 unspecified atom stereocenters. The van der Waals surface area contributed by atoms with Crippen molar-refractivity contribution in [3.8, 4) is 0 Å². The van der Waals surface area contributed by atoms with Crippen molar-refractivity contribution >= 4 is 0 Å². The third-order valence-corrected chi connectivity index (χ3v) is 4.17. The second-order valence-electron chi connectivity index (χ2n) is 6.39. The number of hydrogen-bond donors (Lipinski definition) is 0. The maximum absolute atomic E-state index is 5.14. The van der Waals surface area contributed by atoms with Gasteiger partial charge >= 0.3 is 0 Å². The number of hydrogen-bond acceptors (Lipinski definition) is 1. The van der Waals surface area contributed by atoms with Gasteiger partial charge in [-0.25, -0.2) is 0 Å². The predicted octanol–water partition coefficient (Wildman–Crippen LogP) is 5.68. The second kappa shape index (κ2) is 12.0. The molecule has 0 amide bonds. The quantitative estimate of drug-likeness (QED) is 0.436. The van der Waals surface area contributed by atoms with Crippen molar-refractivity contribution in [2.24, 2.45) is 17.8 Å². The van der Waals surface area contributed by atoms with Crippen LogP contribution in [0.25, 0.3) is 0 Å². The minimum atomic E-state index is 0.824. The number of methoxy groups -OCH3 is 1. The Labute approximate surface area is 116 Å². The first-order valence-electron chi connectivity index (χ1n) is 8.09. The van der Waals surface area contributed by atoms with Crippen molar-refractivity contribution in [1.29, 1.82) is 0 Å². The third-order valence-electron chi connectivity index (χ3n) is 4.17. The highest BCUT2D eigenvalue weighted by atomic mass is 16.5. The van der Waals surface area contributed by atoms with Gasteiger partial charge in [0.15, 0.2) is 0 Å². The van der Waals surface area contributed by atoms with E-state index < -0.39 is 0 Å². The Morgan fingerprint density at radius 1 is 0.722 bits per heavy atom. The van der Waals surface area contributed by atoms with Gasteiger partial charge in [0.1, 0.15) is 0 Å². The van der Waals surface area contributed by atoms with Crippen molar-refractivity contribution < 1.29 is 4.74 Å². The van der Waals surface area contributed by atoms with Crippen molar-refractivity contribution in [3.05, 3.63) is 0 Å². The lowest BCUT2D eigenvalue weighted by Gasteiger charge is -2.17. The van der Waals surface area contributed by atoms with Gasteiger partial charge in [0.2, 0.25) is 0 Å². The Kier molecular flexibility index (Phi) is 12.0. The first-order chi connectivity index (χ1) is 8.60. The molecule has 0 aromatic carbocycles. The molecule has 0 N–H and O–H groups in total. The van der Waals surface area contributed by atoms with Crippen LogP contribution in [0.15, 0.2) is 0 Å². The second-order valence-corrected chi connectivity index (χ2v) is 6.39. The summed E-state index contributed by atoms with van der Waals surface area (Å²) in [6.45, 7) is 10.4. The fourth-order valence-electron chi connectivity index (χ4n) is 2.44. The lowest BCUT2D eigenvalue weighted by molar-refractivity contribution is 0.176. The highest BCUT2D eigenvalue weighted by Gasteiger charge is 2.09. The van der Waals surface area contributed by atoms with Crippen LogP contribution in [0.4, 0.5) is 0 Å². The summed E-state index contributed by atoms with van der Waals surface area (Å²) >= 11 is 0. The molecule has 18 heavy (non-hydrogen) atoms. The van der Waals surface area contributed by atoms with Gasteiger partial charge in [-0.1, -0.05) is 72.6 Å². The molecule has 0 fully saturated rings. The molecule has 0 rings (SSSR count). The van der Waals surface area contributed by atoms with Gasteiger partial charge < -0.3 is 4.74 Å². The van der Waals surface area contributed by atoms with Crippen LogP contribution < -0.4 is 0 Å². The summed E-state index contributed by atoms with van der Waals surface area (Å²) < 4.78 is 5.14. The molecule has 3 atom stereocenters. The first kappa shape index (κ1) is 18.0. The van der Waals surface area contributed by atoms with Crippen LogP contribution in [0.3, 0.4) is 0 Å². The lowest BCUT2D eigenvalue weighted by Crippen LogP contribution is -2.05. The molecule has 0 aliphatic rings. The van der Waals surface area contributed by atoms with Gasteiger partial charge in [-0.05, 0) is 24.2 Å². The molecule has 1 heteroatoms. The molecule has 0 bridgehead atoms. The van der Waals surface area contributed by atoms with E-state index in [9.17, 15) is 0 Å². The monoisotopic (exact) mass is 256 g/mol. The summed E-state index contributed by atoms with van der Waals surface area (Å²) in [4.78, 5) is 0. The van der Waals surface area contributed by atoms with Crippen LogP contribution in [0, 0.1) is 17.8 Å². The van der Waals surface area contributed by atoms with E-state index in [0.29, 0.717) is 0 Å². The molecular formula is C17H36O. The zero-order valence-electron chi connectivity index (χ0n) is 13.5. The van der Waals surface area contributed by atoms with Crippen molar-refractivity contribution in [2.45, 2.75) is 79.1 Å². The minimum Gasteiger partial charge on any atom is -0.385 e. The highest BCUT2D eigenvalue weighted by Crippen LogP contribution is 2.22. The standard InChI is InChI=1S/C17H36O/c1-6-7-8-15(2)9-10-16(3)11-12-17(4)13-14-18-5/h15-17H,6-14H2,1-5H3. The maximum Gasteiger partial charge on any atom is 0.0464 e. The van der Waals surface area contributed by atoms with Crippen LogP contribution in [0.5, 0.6) is 0 Å². The van der Waals surface area contributed by atoms with Crippen molar-refractivity contribution in [2.75, 3.05) is 13.7 Å². The molecule has 0 aromatic rings. The summed E-state index contributed by atoms with van der Waals surface area (Å²) in [6, 6.07) is 0. The Morgan fingerprint density at radius 2 is 1.17 bits per heavy atom. The summed E-state index contributed by atoms with van der Waals surface area (Å²) in [5, 5.41) is 0. The van der Waals surface area contributed by atoms with E-state index in [4.69, 9.17) is 4.74 Å². The summed E-state index contributed by atoms with van der Waals surface area (Å²) in [5.74, 6) is 2.65. The molecule has 0 radical (unpaired) electrons. The van der Waals surface area contributed by atoms with E-state index in [-0.39, 0.29) is 0 Å². The molecule has 0 saturated heterocycles. The first-order valence-corrected chi connectivity index (χ1v) is 8.09. The number of unbranched alkanes of at least 4 members (excludes halogenated alkanes) is 1.